The number of hydrogen-bond acceptors (Lipinski definition) is 3. The molecule has 2 aromatic rings. The first kappa shape index (κ1) is 14.6. The molecule has 0 saturated carbocycles. The molecule has 2 unspecified atom stereocenters. The number of aromatic nitrogens is 2. The third-order valence-corrected chi connectivity index (χ3v) is 5.10. The summed E-state index contributed by atoms with van der Waals surface area (Å²) in [5.41, 5.74) is 3.33. The molecule has 0 spiro atoms. The number of nitrogens with one attached hydrogen (secondary N) is 1. The molecule has 1 N–H and O–H groups in total. The normalized spacial score (nSPS) is 19.3. The van der Waals surface area contributed by atoms with Crippen molar-refractivity contribution in [3.63, 3.8) is 0 Å². The van der Waals surface area contributed by atoms with E-state index in [4.69, 9.17) is 0 Å². The van der Waals surface area contributed by atoms with Crippen molar-refractivity contribution in [2.75, 3.05) is 5.75 Å². The van der Waals surface area contributed by atoms with E-state index in [0.29, 0.717) is 0 Å². The Labute approximate surface area is 128 Å². The van der Waals surface area contributed by atoms with E-state index < -0.39 is 0 Å². The number of benzene rings is 1. The summed E-state index contributed by atoms with van der Waals surface area (Å²) in [6, 6.07) is 5.50. The Morgan fingerprint density at radius 3 is 3.00 bits per heavy atom. The lowest BCUT2D eigenvalue weighted by molar-refractivity contribution is 0.446. The fourth-order valence-corrected chi connectivity index (χ4v) is 4.08. The van der Waals surface area contributed by atoms with Gasteiger partial charge in [-0.1, -0.05) is 0 Å². The zero-order chi connectivity index (χ0) is 15.0. The molecule has 0 fully saturated rings. The molecule has 3 rings (SSSR count). The van der Waals surface area contributed by atoms with Crippen LogP contribution in [-0.2, 0) is 7.05 Å². The summed E-state index contributed by atoms with van der Waals surface area (Å²) >= 11 is 1.81. The smallest absolute Gasteiger partial charge is 0.123 e. The molecule has 5 heteroatoms. The molecule has 3 nitrogen and oxygen atoms in total. The van der Waals surface area contributed by atoms with E-state index in [9.17, 15) is 4.39 Å². The molecule has 1 aromatic heterocycles. The zero-order valence-corrected chi connectivity index (χ0v) is 13.4. The zero-order valence-electron chi connectivity index (χ0n) is 12.6. The number of fused-ring (bicyclic) bond motifs is 1. The second-order valence-electron chi connectivity index (χ2n) is 5.60. The van der Waals surface area contributed by atoms with Crippen LogP contribution in [0.3, 0.4) is 0 Å². The van der Waals surface area contributed by atoms with Gasteiger partial charge in [-0.3, -0.25) is 4.68 Å². The van der Waals surface area contributed by atoms with Crippen molar-refractivity contribution < 1.29 is 4.39 Å². The van der Waals surface area contributed by atoms with Crippen LogP contribution in [0, 0.1) is 12.7 Å². The van der Waals surface area contributed by atoms with Crippen molar-refractivity contribution in [1.82, 2.24) is 15.1 Å². The van der Waals surface area contributed by atoms with Gasteiger partial charge in [0.1, 0.15) is 5.82 Å². The second kappa shape index (κ2) is 5.81. The first-order valence-corrected chi connectivity index (χ1v) is 8.21. The van der Waals surface area contributed by atoms with Crippen LogP contribution in [-0.4, -0.2) is 15.5 Å². The number of rotatable bonds is 3. The van der Waals surface area contributed by atoms with Gasteiger partial charge < -0.3 is 5.32 Å². The van der Waals surface area contributed by atoms with Gasteiger partial charge in [0.25, 0.3) is 0 Å². The molecule has 1 aromatic carbocycles. The lowest BCUT2D eigenvalue weighted by Crippen LogP contribution is -2.27. The summed E-state index contributed by atoms with van der Waals surface area (Å²) in [4.78, 5) is 1.19. The molecular weight excluding hydrogens is 285 g/mol. The van der Waals surface area contributed by atoms with E-state index in [-0.39, 0.29) is 17.9 Å². The van der Waals surface area contributed by atoms with Crippen molar-refractivity contribution in [1.29, 1.82) is 0 Å². The third-order valence-electron chi connectivity index (χ3n) is 3.98. The molecule has 2 heterocycles. The molecule has 2 atom stereocenters. The van der Waals surface area contributed by atoms with Gasteiger partial charge in [0.15, 0.2) is 0 Å². The Morgan fingerprint density at radius 2 is 2.29 bits per heavy atom. The lowest BCUT2D eigenvalue weighted by Gasteiger charge is -2.29. The summed E-state index contributed by atoms with van der Waals surface area (Å²) in [5, 5.41) is 8.04. The molecule has 0 saturated heterocycles. The highest BCUT2D eigenvalue weighted by Crippen LogP contribution is 2.37. The maximum atomic E-state index is 13.5. The van der Waals surface area contributed by atoms with Crippen molar-refractivity contribution in [3.8, 4) is 0 Å². The topological polar surface area (TPSA) is 29.9 Å². The van der Waals surface area contributed by atoms with Gasteiger partial charge in [-0.2, -0.15) is 5.10 Å². The number of nitrogens with zero attached hydrogens (tertiary/aromatic N) is 2. The third kappa shape index (κ3) is 2.99. The molecule has 1 aliphatic heterocycles. The highest BCUT2D eigenvalue weighted by Gasteiger charge is 2.24. The van der Waals surface area contributed by atoms with Gasteiger partial charge >= 0.3 is 0 Å². The van der Waals surface area contributed by atoms with E-state index in [0.717, 1.165) is 23.4 Å². The highest BCUT2D eigenvalue weighted by atomic mass is 32.2. The van der Waals surface area contributed by atoms with Gasteiger partial charge in [-0.25, -0.2) is 4.39 Å². The monoisotopic (exact) mass is 305 g/mol. The van der Waals surface area contributed by atoms with Crippen LogP contribution < -0.4 is 5.32 Å². The summed E-state index contributed by atoms with van der Waals surface area (Å²) in [5.74, 6) is 0.906. The fourth-order valence-electron chi connectivity index (χ4n) is 2.97. The predicted octanol–water partition coefficient (Wildman–Crippen LogP) is 3.76. The van der Waals surface area contributed by atoms with E-state index in [1.54, 1.807) is 12.1 Å². The fraction of sp³-hybridized carbons (Fsp3) is 0.438. The summed E-state index contributed by atoms with van der Waals surface area (Å²) < 4.78 is 15.4. The maximum absolute atomic E-state index is 13.5. The summed E-state index contributed by atoms with van der Waals surface area (Å²) in [6.45, 7) is 4.17. The number of thioether (sulfide) groups is 1. The van der Waals surface area contributed by atoms with E-state index >= 15 is 0 Å². The quantitative estimate of drug-likeness (QED) is 0.936. The van der Waals surface area contributed by atoms with Crippen LogP contribution in [0.2, 0.25) is 0 Å². The van der Waals surface area contributed by atoms with Crippen LogP contribution in [0.4, 0.5) is 4.39 Å². The van der Waals surface area contributed by atoms with Crippen LogP contribution >= 0.6 is 11.8 Å². The molecule has 0 aliphatic carbocycles. The van der Waals surface area contributed by atoms with Gasteiger partial charge in [0.05, 0.1) is 5.69 Å². The molecule has 0 radical (unpaired) electrons. The molecule has 21 heavy (non-hydrogen) atoms. The Kier molecular flexibility index (Phi) is 4.04. The van der Waals surface area contributed by atoms with E-state index in [2.05, 4.69) is 23.5 Å². The van der Waals surface area contributed by atoms with E-state index in [1.807, 2.05) is 36.5 Å². The van der Waals surface area contributed by atoms with Gasteiger partial charge in [-0.05, 0) is 49.8 Å². The molecule has 0 amide bonds. The Balaban J connectivity index is 1.83. The average Bonchev–Trinajstić information content (AvgIpc) is 2.78. The Hall–Kier alpha value is -1.33. The van der Waals surface area contributed by atoms with Crippen LogP contribution in [0.5, 0.6) is 0 Å². The van der Waals surface area contributed by atoms with Crippen molar-refractivity contribution in [3.05, 3.63) is 47.0 Å². The molecule has 1 aliphatic rings. The summed E-state index contributed by atoms with van der Waals surface area (Å²) in [6.07, 6.45) is 3.07. The minimum Gasteiger partial charge on any atom is -0.303 e. The Morgan fingerprint density at radius 1 is 1.48 bits per heavy atom. The minimum absolute atomic E-state index is 0.159. The standard InChI is InChI=1S/C16H20FN3S/c1-10(14-9-20(3)19-11(14)2)18-15-6-7-21-16-5-4-12(17)8-13(15)16/h4-5,8-10,15,18H,6-7H2,1-3H3. The van der Waals surface area contributed by atoms with Crippen LogP contribution in [0.25, 0.3) is 0 Å². The van der Waals surface area contributed by atoms with Crippen LogP contribution in [0.15, 0.2) is 29.3 Å². The number of halogens is 1. The Bertz CT molecular complexity index is 653. The molecular formula is C16H20FN3S. The lowest BCUT2D eigenvalue weighted by atomic mass is 10.0. The first-order chi connectivity index (χ1) is 10.0. The van der Waals surface area contributed by atoms with Crippen molar-refractivity contribution in [2.24, 2.45) is 7.05 Å². The SMILES string of the molecule is Cc1nn(C)cc1C(C)NC1CCSc2ccc(F)cc21. The maximum Gasteiger partial charge on any atom is 0.123 e. The van der Waals surface area contributed by atoms with Crippen molar-refractivity contribution in [2.45, 2.75) is 37.2 Å². The first-order valence-electron chi connectivity index (χ1n) is 7.23. The minimum atomic E-state index is -0.159. The summed E-state index contributed by atoms with van der Waals surface area (Å²) in [7, 11) is 1.94. The van der Waals surface area contributed by atoms with Gasteiger partial charge in [0.2, 0.25) is 0 Å². The predicted molar refractivity (Wildman–Crippen MR) is 84.0 cm³/mol. The van der Waals surface area contributed by atoms with E-state index in [1.165, 1.54) is 10.5 Å². The van der Waals surface area contributed by atoms with Gasteiger partial charge in [-0.15, -0.1) is 11.8 Å². The highest BCUT2D eigenvalue weighted by molar-refractivity contribution is 7.99. The number of aryl methyl sites for hydroxylation is 2. The molecule has 112 valence electrons. The van der Waals surface area contributed by atoms with Gasteiger partial charge in [0, 0.05) is 35.8 Å². The molecule has 0 bridgehead atoms. The van der Waals surface area contributed by atoms with Crippen molar-refractivity contribution >= 4 is 11.8 Å². The van der Waals surface area contributed by atoms with Crippen LogP contribution in [0.1, 0.15) is 42.2 Å². The number of hydrogen-bond donors (Lipinski definition) is 1. The second-order valence-corrected chi connectivity index (χ2v) is 6.74. The average molecular weight is 305 g/mol. The largest absolute Gasteiger partial charge is 0.303 e.